The predicted octanol–water partition coefficient (Wildman–Crippen LogP) is 3.41. The van der Waals surface area contributed by atoms with Gasteiger partial charge in [0.15, 0.2) is 11.6 Å². The quantitative estimate of drug-likeness (QED) is 0.445. The number of rotatable bonds is 6. The van der Waals surface area contributed by atoms with Crippen LogP contribution in [0.2, 0.25) is 0 Å². The lowest BCUT2D eigenvalue weighted by Gasteiger charge is -2.17. The van der Waals surface area contributed by atoms with Crippen molar-refractivity contribution in [3.8, 4) is 16.9 Å². The van der Waals surface area contributed by atoms with Crippen LogP contribution in [0.15, 0.2) is 55.1 Å². The van der Waals surface area contributed by atoms with Crippen molar-refractivity contribution in [2.75, 3.05) is 12.5 Å². The average molecular weight is 442 g/mol. The van der Waals surface area contributed by atoms with Gasteiger partial charge in [-0.3, -0.25) is 25.3 Å². The highest BCUT2D eigenvalue weighted by atomic mass is 19.3. The maximum Gasteiger partial charge on any atom is 0.351 e. The van der Waals surface area contributed by atoms with E-state index in [4.69, 9.17) is 4.74 Å². The molecule has 0 aliphatic rings. The van der Waals surface area contributed by atoms with Crippen LogP contribution >= 0.6 is 0 Å². The van der Waals surface area contributed by atoms with E-state index in [-0.39, 0.29) is 0 Å². The zero-order chi connectivity index (χ0) is 22.9. The number of carbonyl (C=O) groups is 1. The van der Waals surface area contributed by atoms with E-state index >= 15 is 0 Å². The van der Waals surface area contributed by atoms with Gasteiger partial charge in [-0.1, -0.05) is 6.07 Å². The minimum absolute atomic E-state index is 0.376. The molecular formula is C21H17F3N6O2. The Bertz CT molecular complexity index is 1310. The number of fused-ring (bicyclic) bond motifs is 1. The number of nitrogens with one attached hydrogen (secondary N) is 2. The Morgan fingerprint density at radius 1 is 1.09 bits per heavy atom. The molecule has 4 rings (SSSR count). The number of carbonyl (C=O) groups excluding carboxylic acids is 1. The molecule has 0 aliphatic heterocycles. The summed E-state index contributed by atoms with van der Waals surface area (Å²) in [5.41, 5.74) is 4.90. The standard InChI is InChI=1S/C21H17F3N6O2/c1-30-11-14(9-27-30)13-7-17(22)19(26-8-13)28-29-20(31)21(23,24)15-3-4-18-12(5-15)6-16(32-2)10-25-18/h3-11H,1-2H3,(H,26,28)(H,29,31). The number of halogens is 3. The van der Waals surface area contributed by atoms with E-state index in [9.17, 15) is 18.0 Å². The highest BCUT2D eigenvalue weighted by molar-refractivity contribution is 5.88. The van der Waals surface area contributed by atoms with Crippen LogP contribution in [-0.4, -0.2) is 32.8 Å². The number of hydrogen-bond donors (Lipinski definition) is 2. The van der Waals surface area contributed by atoms with Crippen molar-refractivity contribution in [3.63, 3.8) is 0 Å². The molecule has 3 heterocycles. The van der Waals surface area contributed by atoms with Crippen LogP contribution in [0, 0.1) is 5.82 Å². The lowest BCUT2D eigenvalue weighted by Crippen LogP contribution is -2.41. The Labute approximate surface area is 180 Å². The van der Waals surface area contributed by atoms with Crippen LogP contribution in [-0.2, 0) is 17.8 Å². The van der Waals surface area contributed by atoms with Crippen molar-refractivity contribution in [2.45, 2.75) is 5.92 Å². The molecule has 0 saturated carbocycles. The molecule has 0 radical (unpaired) electrons. The van der Waals surface area contributed by atoms with Crippen molar-refractivity contribution >= 4 is 22.6 Å². The number of pyridine rings is 2. The summed E-state index contributed by atoms with van der Waals surface area (Å²) in [6.45, 7) is 0. The van der Waals surface area contributed by atoms with E-state index in [1.807, 2.05) is 5.43 Å². The fourth-order valence-electron chi connectivity index (χ4n) is 3.00. The van der Waals surface area contributed by atoms with Crippen LogP contribution < -0.4 is 15.6 Å². The monoisotopic (exact) mass is 442 g/mol. The summed E-state index contributed by atoms with van der Waals surface area (Å²) in [5, 5.41) is 4.36. The van der Waals surface area contributed by atoms with E-state index < -0.39 is 29.0 Å². The van der Waals surface area contributed by atoms with Gasteiger partial charge in [0, 0.05) is 41.5 Å². The van der Waals surface area contributed by atoms with Crippen molar-refractivity contribution in [1.82, 2.24) is 25.2 Å². The SMILES string of the molecule is COc1cnc2ccc(C(F)(F)C(=O)NNc3ncc(-c4cnn(C)c4)cc3F)cc2c1. The molecule has 32 heavy (non-hydrogen) atoms. The zero-order valence-electron chi connectivity index (χ0n) is 16.9. The minimum Gasteiger partial charge on any atom is -0.495 e. The Hall–Kier alpha value is -4.15. The van der Waals surface area contributed by atoms with Gasteiger partial charge in [0.05, 0.1) is 25.0 Å². The number of aromatic nitrogens is 4. The predicted molar refractivity (Wildman–Crippen MR) is 110 cm³/mol. The minimum atomic E-state index is -3.91. The summed E-state index contributed by atoms with van der Waals surface area (Å²) in [4.78, 5) is 20.1. The molecule has 0 unspecified atom stereocenters. The van der Waals surface area contributed by atoms with Gasteiger partial charge in [0.2, 0.25) is 0 Å². The fraction of sp³-hybridized carbons (Fsp3) is 0.143. The summed E-state index contributed by atoms with van der Waals surface area (Å²) in [6.07, 6.45) is 5.98. The third-order valence-electron chi connectivity index (χ3n) is 4.71. The first kappa shape index (κ1) is 21.1. The van der Waals surface area contributed by atoms with Gasteiger partial charge in [0.1, 0.15) is 5.75 Å². The van der Waals surface area contributed by atoms with E-state index in [2.05, 4.69) is 20.5 Å². The summed E-state index contributed by atoms with van der Waals surface area (Å²) >= 11 is 0. The molecular weight excluding hydrogens is 425 g/mol. The van der Waals surface area contributed by atoms with Gasteiger partial charge in [0.25, 0.3) is 0 Å². The van der Waals surface area contributed by atoms with Crippen molar-refractivity contribution in [2.24, 2.45) is 7.05 Å². The molecule has 0 fully saturated rings. The topological polar surface area (TPSA) is 94.0 Å². The normalized spacial score (nSPS) is 11.4. The summed E-state index contributed by atoms with van der Waals surface area (Å²) in [6, 6.07) is 6.30. The van der Waals surface area contributed by atoms with Gasteiger partial charge in [-0.05, 0) is 24.3 Å². The first-order valence-electron chi connectivity index (χ1n) is 9.31. The van der Waals surface area contributed by atoms with Crippen molar-refractivity contribution in [3.05, 3.63) is 66.5 Å². The highest BCUT2D eigenvalue weighted by Gasteiger charge is 2.41. The van der Waals surface area contributed by atoms with Gasteiger partial charge in [-0.2, -0.15) is 13.9 Å². The molecule has 164 valence electrons. The van der Waals surface area contributed by atoms with Gasteiger partial charge < -0.3 is 4.74 Å². The zero-order valence-corrected chi connectivity index (χ0v) is 16.9. The maximum absolute atomic E-state index is 14.7. The number of amides is 1. The number of methoxy groups -OCH3 is 1. The van der Waals surface area contributed by atoms with E-state index in [1.54, 1.807) is 17.9 Å². The summed E-state index contributed by atoms with van der Waals surface area (Å²) in [7, 11) is 3.14. The van der Waals surface area contributed by atoms with Crippen LogP contribution in [0.25, 0.3) is 22.0 Å². The second kappa shape index (κ2) is 8.17. The molecule has 4 aromatic rings. The third kappa shape index (κ3) is 4.04. The number of hydrazine groups is 1. The van der Waals surface area contributed by atoms with Crippen LogP contribution in [0.3, 0.4) is 0 Å². The van der Waals surface area contributed by atoms with Crippen molar-refractivity contribution < 1.29 is 22.7 Å². The molecule has 0 saturated heterocycles. The summed E-state index contributed by atoms with van der Waals surface area (Å²) in [5.74, 6) is -6.44. The van der Waals surface area contributed by atoms with Crippen LogP contribution in [0.1, 0.15) is 5.56 Å². The summed E-state index contributed by atoms with van der Waals surface area (Å²) < 4.78 is 50.4. The van der Waals surface area contributed by atoms with E-state index in [1.165, 1.54) is 37.8 Å². The molecule has 2 N–H and O–H groups in total. The molecule has 1 amide bonds. The molecule has 0 aliphatic carbocycles. The largest absolute Gasteiger partial charge is 0.495 e. The van der Waals surface area contributed by atoms with Gasteiger partial charge >= 0.3 is 11.8 Å². The Kier molecular flexibility index (Phi) is 5.39. The number of benzene rings is 1. The Morgan fingerprint density at radius 2 is 1.91 bits per heavy atom. The van der Waals surface area contributed by atoms with Crippen molar-refractivity contribution in [1.29, 1.82) is 0 Å². The Balaban J connectivity index is 1.50. The van der Waals surface area contributed by atoms with Gasteiger partial charge in [-0.15, -0.1) is 0 Å². The van der Waals surface area contributed by atoms with Gasteiger partial charge in [-0.25, -0.2) is 9.37 Å². The Morgan fingerprint density at radius 3 is 2.59 bits per heavy atom. The first-order chi connectivity index (χ1) is 15.3. The average Bonchev–Trinajstić information content (AvgIpc) is 3.23. The number of ether oxygens (including phenoxy) is 1. The number of anilines is 1. The highest BCUT2D eigenvalue weighted by Crippen LogP contribution is 2.31. The molecule has 0 atom stereocenters. The number of alkyl halides is 2. The first-order valence-corrected chi connectivity index (χ1v) is 9.31. The molecule has 11 heteroatoms. The van der Waals surface area contributed by atoms with Crippen LogP contribution in [0.4, 0.5) is 19.0 Å². The maximum atomic E-state index is 14.7. The number of nitrogens with zero attached hydrogens (tertiary/aromatic N) is 4. The molecule has 0 bridgehead atoms. The second-order valence-electron chi connectivity index (χ2n) is 6.89. The molecule has 0 spiro atoms. The molecule has 1 aromatic carbocycles. The third-order valence-corrected chi connectivity index (χ3v) is 4.71. The van der Waals surface area contributed by atoms with E-state index in [0.717, 1.165) is 18.2 Å². The molecule has 3 aromatic heterocycles. The van der Waals surface area contributed by atoms with Crippen LogP contribution in [0.5, 0.6) is 5.75 Å². The molecule has 8 nitrogen and oxygen atoms in total. The second-order valence-corrected chi connectivity index (χ2v) is 6.89. The lowest BCUT2D eigenvalue weighted by molar-refractivity contribution is -0.146. The number of aryl methyl sites for hydroxylation is 1. The van der Waals surface area contributed by atoms with E-state index in [0.29, 0.717) is 27.8 Å². The number of hydrogen-bond acceptors (Lipinski definition) is 6. The fourth-order valence-corrected chi connectivity index (χ4v) is 3.00. The lowest BCUT2D eigenvalue weighted by atomic mass is 10.0. The smallest absolute Gasteiger partial charge is 0.351 e.